The normalized spacial score (nSPS) is 15.2. The zero-order valence-corrected chi connectivity index (χ0v) is 14.2. The number of hydrogen-bond acceptors (Lipinski definition) is 5. The van der Waals surface area contributed by atoms with E-state index in [0.29, 0.717) is 0 Å². The minimum Gasteiger partial charge on any atom is -0.398 e. The highest BCUT2D eigenvalue weighted by Crippen LogP contribution is 2.30. The van der Waals surface area contributed by atoms with Gasteiger partial charge in [0.1, 0.15) is 0 Å². The van der Waals surface area contributed by atoms with Crippen LogP contribution in [0.25, 0.3) is 6.08 Å². The smallest absolute Gasteiger partial charge is 0.208 e. The van der Waals surface area contributed by atoms with Crippen LogP contribution in [0.5, 0.6) is 0 Å². The summed E-state index contributed by atoms with van der Waals surface area (Å²) in [6, 6.07) is 11.8. The summed E-state index contributed by atoms with van der Waals surface area (Å²) in [5.74, 6) is 0. The maximum Gasteiger partial charge on any atom is 0.208 e. The van der Waals surface area contributed by atoms with E-state index in [1.54, 1.807) is 42.5 Å². The van der Waals surface area contributed by atoms with Crippen molar-refractivity contribution >= 4 is 27.3 Å². The minimum absolute atomic E-state index is 0.146. The van der Waals surface area contributed by atoms with Crippen LogP contribution >= 0.6 is 0 Å². The molecule has 1 heterocycles. The Morgan fingerprint density at radius 3 is 2.33 bits per heavy atom. The fraction of sp³-hybridized carbons (Fsp3) is 0.222. The van der Waals surface area contributed by atoms with Crippen molar-refractivity contribution in [1.82, 2.24) is 5.32 Å². The Balaban J connectivity index is 1.94. The molecule has 1 saturated heterocycles. The van der Waals surface area contributed by atoms with Crippen molar-refractivity contribution in [3.05, 3.63) is 54.6 Å². The molecule has 0 unspecified atom stereocenters. The lowest BCUT2D eigenvalue weighted by atomic mass is 10.2. The van der Waals surface area contributed by atoms with Crippen LogP contribution in [0.1, 0.15) is 5.56 Å². The summed E-state index contributed by atoms with van der Waals surface area (Å²) in [5, 5.41) is 3.29. The van der Waals surface area contributed by atoms with E-state index < -0.39 is 9.84 Å². The fourth-order valence-corrected chi connectivity index (χ4v) is 4.18. The second-order valence-electron chi connectivity index (χ2n) is 5.74. The molecular weight excluding hydrogens is 322 g/mol. The van der Waals surface area contributed by atoms with Crippen LogP contribution in [-0.4, -0.2) is 34.6 Å². The molecule has 0 bridgehead atoms. The Bertz CT molecular complexity index is 839. The molecule has 126 valence electrons. The number of anilines is 2. The van der Waals surface area contributed by atoms with Crippen molar-refractivity contribution in [3.8, 4) is 0 Å². The first-order chi connectivity index (χ1) is 11.5. The van der Waals surface area contributed by atoms with Crippen molar-refractivity contribution in [1.29, 1.82) is 0 Å². The number of rotatable bonds is 4. The second kappa shape index (κ2) is 6.67. The first-order valence-electron chi connectivity index (χ1n) is 7.85. The van der Waals surface area contributed by atoms with Gasteiger partial charge in [-0.2, -0.15) is 0 Å². The molecule has 5 nitrogen and oxygen atoms in total. The van der Waals surface area contributed by atoms with E-state index in [1.165, 1.54) is 0 Å². The van der Waals surface area contributed by atoms with E-state index in [1.807, 2.05) is 6.07 Å². The van der Waals surface area contributed by atoms with Gasteiger partial charge in [-0.3, -0.25) is 0 Å². The fourth-order valence-electron chi connectivity index (χ4n) is 2.81. The van der Waals surface area contributed by atoms with Crippen LogP contribution in [-0.2, 0) is 9.84 Å². The first kappa shape index (κ1) is 16.5. The van der Waals surface area contributed by atoms with Crippen molar-refractivity contribution < 1.29 is 8.42 Å². The lowest BCUT2D eigenvalue weighted by Crippen LogP contribution is -2.43. The second-order valence-corrected chi connectivity index (χ2v) is 7.65. The highest BCUT2D eigenvalue weighted by molar-refractivity contribution is 7.91. The van der Waals surface area contributed by atoms with Gasteiger partial charge in [-0.05, 0) is 35.9 Å². The number of nitrogens with one attached hydrogen (secondary N) is 1. The number of sulfone groups is 1. The van der Waals surface area contributed by atoms with Gasteiger partial charge in [-0.1, -0.05) is 24.8 Å². The van der Waals surface area contributed by atoms with E-state index in [2.05, 4.69) is 16.8 Å². The molecule has 0 saturated carbocycles. The Kier molecular flexibility index (Phi) is 4.59. The SMILES string of the molecule is C=Cc1ccc(S(=O)(=O)c2ccc(N3CCNCC3)cc2N)cc1. The predicted octanol–water partition coefficient (Wildman–Crippen LogP) is 2.15. The van der Waals surface area contributed by atoms with Crippen LogP contribution < -0.4 is 16.0 Å². The van der Waals surface area contributed by atoms with Gasteiger partial charge < -0.3 is 16.0 Å². The molecule has 3 N–H and O–H groups in total. The summed E-state index contributed by atoms with van der Waals surface area (Å²) in [5.41, 5.74) is 8.17. The number of nitrogen functional groups attached to an aromatic ring is 1. The molecule has 0 aliphatic carbocycles. The van der Waals surface area contributed by atoms with Crippen LogP contribution in [0.3, 0.4) is 0 Å². The van der Waals surface area contributed by atoms with Crippen molar-refractivity contribution in [2.75, 3.05) is 36.8 Å². The van der Waals surface area contributed by atoms with E-state index in [-0.39, 0.29) is 15.5 Å². The maximum absolute atomic E-state index is 12.8. The van der Waals surface area contributed by atoms with Gasteiger partial charge in [-0.25, -0.2) is 8.42 Å². The number of nitrogens with two attached hydrogens (primary N) is 1. The molecule has 0 aromatic heterocycles. The van der Waals surface area contributed by atoms with E-state index in [4.69, 9.17) is 5.73 Å². The zero-order chi connectivity index (χ0) is 17.2. The summed E-state index contributed by atoms with van der Waals surface area (Å²) < 4.78 is 25.6. The third kappa shape index (κ3) is 3.16. The predicted molar refractivity (Wildman–Crippen MR) is 97.9 cm³/mol. The molecular formula is C18H21N3O2S. The molecule has 3 rings (SSSR count). The van der Waals surface area contributed by atoms with Gasteiger partial charge in [-0.15, -0.1) is 0 Å². The van der Waals surface area contributed by atoms with Crippen LogP contribution in [0.4, 0.5) is 11.4 Å². The molecule has 0 radical (unpaired) electrons. The molecule has 1 aliphatic heterocycles. The molecule has 6 heteroatoms. The summed E-state index contributed by atoms with van der Waals surface area (Å²) in [7, 11) is -3.63. The van der Waals surface area contributed by atoms with E-state index in [9.17, 15) is 8.42 Å². The average molecular weight is 343 g/mol. The van der Waals surface area contributed by atoms with Crippen molar-refractivity contribution in [3.63, 3.8) is 0 Å². The molecule has 1 fully saturated rings. The molecule has 1 aliphatic rings. The number of hydrogen-bond donors (Lipinski definition) is 2. The lowest BCUT2D eigenvalue weighted by molar-refractivity contribution is 0.588. The summed E-state index contributed by atoms with van der Waals surface area (Å²) in [6.45, 7) is 7.26. The van der Waals surface area contributed by atoms with Crippen LogP contribution in [0.2, 0.25) is 0 Å². The van der Waals surface area contributed by atoms with Gasteiger partial charge in [0.25, 0.3) is 0 Å². The first-order valence-corrected chi connectivity index (χ1v) is 9.33. The van der Waals surface area contributed by atoms with E-state index >= 15 is 0 Å². The van der Waals surface area contributed by atoms with Gasteiger partial charge in [0.2, 0.25) is 9.84 Å². The molecule has 0 atom stereocenters. The van der Waals surface area contributed by atoms with Gasteiger partial charge in [0.05, 0.1) is 15.5 Å². The largest absolute Gasteiger partial charge is 0.398 e. The Morgan fingerprint density at radius 1 is 1.08 bits per heavy atom. The highest BCUT2D eigenvalue weighted by Gasteiger charge is 2.21. The zero-order valence-electron chi connectivity index (χ0n) is 13.4. The Labute approximate surface area is 142 Å². The number of nitrogens with zero attached hydrogens (tertiary/aromatic N) is 1. The molecule has 2 aromatic carbocycles. The number of piperazine rings is 1. The summed E-state index contributed by atoms with van der Waals surface area (Å²) >= 11 is 0. The third-order valence-corrected chi connectivity index (χ3v) is 6.03. The quantitative estimate of drug-likeness (QED) is 0.832. The minimum atomic E-state index is -3.63. The van der Waals surface area contributed by atoms with Crippen molar-refractivity contribution in [2.24, 2.45) is 0 Å². The molecule has 0 spiro atoms. The monoisotopic (exact) mass is 343 g/mol. The third-order valence-electron chi connectivity index (χ3n) is 4.19. The maximum atomic E-state index is 12.8. The molecule has 0 amide bonds. The van der Waals surface area contributed by atoms with E-state index in [0.717, 1.165) is 37.4 Å². The van der Waals surface area contributed by atoms with Gasteiger partial charge in [0, 0.05) is 31.9 Å². The Morgan fingerprint density at radius 2 is 1.75 bits per heavy atom. The van der Waals surface area contributed by atoms with Gasteiger partial charge in [0.15, 0.2) is 0 Å². The van der Waals surface area contributed by atoms with Crippen LogP contribution in [0.15, 0.2) is 58.8 Å². The van der Waals surface area contributed by atoms with Gasteiger partial charge >= 0.3 is 0 Å². The lowest BCUT2D eigenvalue weighted by Gasteiger charge is -2.29. The standard InChI is InChI=1S/C18H21N3O2S/c1-2-14-3-6-16(7-4-14)24(22,23)18-8-5-15(13-17(18)19)21-11-9-20-10-12-21/h2-8,13,20H,1,9-12,19H2. The number of benzene rings is 2. The van der Waals surface area contributed by atoms with Crippen LogP contribution in [0, 0.1) is 0 Å². The molecule has 24 heavy (non-hydrogen) atoms. The summed E-state index contributed by atoms with van der Waals surface area (Å²) in [6.07, 6.45) is 1.67. The summed E-state index contributed by atoms with van der Waals surface area (Å²) in [4.78, 5) is 2.57. The molecule has 2 aromatic rings. The topological polar surface area (TPSA) is 75.4 Å². The Hall–Kier alpha value is -2.31. The highest BCUT2D eigenvalue weighted by atomic mass is 32.2. The van der Waals surface area contributed by atoms with Crippen molar-refractivity contribution in [2.45, 2.75) is 9.79 Å². The average Bonchev–Trinajstić information content (AvgIpc) is 2.62.